The minimum Gasteiger partial charge on any atom is -0.466 e. The molecule has 3 aliphatic carbocycles. The van der Waals surface area contributed by atoms with E-state index in [1.165, 1.54) is 76.3 Å². The van der Waals surface area contributed by atoms with Crippen LogP contribution >= 0.6 is 0 Å². The standard InChI is InChI=1S/C31H46F3NO2/c1-2-37-30(36)20-25-13-18-29(28(19-25)26-14-16-27(17-15-26)31(32,33)34)35(21-23-9-5-3-6-10-23)22-24-11-7-4-8-12-24/h14-17,23-25,28-29H,2-13,18-22H2,1H3. The molecule has 1 aromatic rings. The molecule has 0 bridgehead atoms. The third-order valence-corrected chi connectivity index (χ3v) is 9.25. The summed E-state index contributed by atoms with van der Waals surface area (Å²) in [6.45, 7) is 4.43. The largest absolute Gasteiger partial charge is 0.466 e. The van der Waals surface area contributed by atoms with Gasteiger partial charge in [-0.05, 0) is 93.2 Å². The quantitative estimate of drug-likeness (QED) is 0.306. The van der Waals surface area contributed by atoms with E-state index in [9.17, 15) is 18.0 Å². The minimum absolute atomic E-state index is 0.141. The van der Waals surface area contributed by atoms with Gasteiger partial charge in [-0.15, -0.1) is 0 Å². The van der Waals surface area contributed by atoms with Gasteiger partial charge in [0, 0.05) is 25.6 Å². The topological polar surface area (TPSA) is 29.5 Å². The highest BCUT2D eigenvalue weighted by atomic mass is 19.4. The normalized spacial score (nSPS) is 26.4. The van der Waals surface area contributed by atoms with Gasteiger partial charge in [0.15, 0.2) is 0 Å². The van der Waals surface area contributed by atoms with Crippen molar-refractivity contribution in [3.63, 3.8) is 0 Å². The average molecular weight is 522 g/mol. The number of ether oxygens (including phenoxy) is 1. The lowest BCUT2D eigenvalue weighted by Gasteiger charge is -2.46. The first kappa shape index (κ1) is 28.4. The van der Waals surface area contributed by atoms with Gasteiger partial charge in [-0.3, -0.25) is 9.69 Å². The molecule has 0 aliphatic heterocycles. The Kier molecular flexibility index (Phi) is 10.4. The van der Waals surface area contributed by atoms with Gasteiger partial charge in [0.2, 0.25) is 0 Å². The van der Waals surface area contributed by atoms with Crippen LogP contribution in [0.25, 0.3) is 0 Å². The summed E-state index contributed by atoms with van der Waals surface area (Å²) in [6, 6.07) is 6.21. The third-order valence-electron chi connectivity index (χ3n) is 9.25. The van der Waals surface area contributed by atoms with E-state index >= 15 is 0 Å². The zero-order valence-corrected chi connectivity index (χ0v) is 22.6. The Bertz CT molecular complexity index is 808. The van der Waals surface area contributed by atoms with Crippen LogP contribution in [0.4, 0.5) is 13.2 Å². The first-order valence-corrected chi connectivity index (χ1v) is 14.9. The van der Waals surface area contributed by atoms with Crippen molar-refractivity contribution in [2.24, 2.45) is 17.8 Å². The lowest BCUT2D eigenvalue weighted by atomic mass is 9.72. The molecule has 6 heteroatoms. The number of carbonyl (C=O) groups is 1. The van der Waals surface area contributed by atoms with Crippen LogP contribution in [0.2, 0.25) is 0 Å². The summed E-state index contributed by atoms with van der Waals surface area (Å²) in [7, 11) is 0. The molecule has 3 aliphatic rings. The van der Waals surface area contributed by atoms with Crippen molar-refractivity contribution in [2.45, 2.75) is 115 Å². The molecule has 0 spiro atoms. The van der Waals surface area contributed by atoms with Crippen molar-refractivity contribution in [1.82, 2.24) is 4.90 Å². The van der Waals surface area contributed by atoms with Crippen LogP contribution in [0.3, 0.4) is 0 Å². The highest BCUT2D eigenvalue weighted by Gasteiger charge is 2.38. The zero-order chi connectivity index (χ0) is 26.3. The van der Waals surface area contributed by atoms with E-state index in [0.29, 0.717) is 19.1 Å². The Hall–Kier alpha value is -1.56. The molecule has 37 heavy (non-hydrogen) atoms. The number of alkyl halides is 3. The lowest BCUT2D eigenvalue weighted by molar-refractivity contribution is -0.144. The fourth-order valence-corrected chi connectivity index (χ4v) is 7.35. The van der Waals surface area contributed by atoms with E-state index in [1.807, 2.05) is 6.92 Å². The number of hydrogen-bond acceptors (Lipinski definition) is 3. The number of halogens is 3. The summed E-state index contributed by atoms with van der Waals surface area (Å²) < 4.78 is 45.2. The van der Waals surface area contributed by atoms with E-state index in [1.54, 1.807) is 12.1 Å². The van der Waals surface area contributed by atoms with Gasteiger partial charge >= 0.3 is 12.1 Å². The summed E-state index contributed by atoms with van der Waals surface area (Å²) in [5.74, 6) is 1.65. The first-order chi connectivity index (χ1) is 17.8. The maximum Gasteiger partial charge on any atom is 0.416 e. The van der Waals surface area contributed by atoms with Crippen LogP contribution in [0, 0.1) is 17.8 Å². The second-order valence-electron chi connectivity index (χ2n) is 11.9. The fraction of sp³-hybridized carbons (Fsp3) is 0.774. The van der Waals surface area contributed by atoms with Crippen LogP contribution in [0.15, 0.2) is 24.3 Å². The predicted molar refractivity (Wildman–Crippen MR) is 141 cm³/mol. The molecule has 0 N–H and O–H groups in total. The molecule has 1 aromatic carbocycles. The summed E-state index contributed by atoms with van der Waals surface area (Å²) in [4.78, 5) is 15.1. The van der Waals surface area contributed by atoms with E-state index in [4.69, 9.17) is 4.74 Å². The molecule has 0 heterocycles. The van der Waals surface area contributed by atoms with Crippen LogP contribution in [-0.2, 0) is 15.7 Å². The third kappa shape index (κ3) is 8.21. The minimum atomic E-state index is -4.33. The second kappa shape index (κ2) is 13.5. The molecule has 0 aromatic heterocycles. The van der Waals surface area contributed by atoms with Gasteiger partial charge < -0.3 is 4.74 Å². The Balaban J connectivity index is 1.57. The molecule has 208 valence electrons. The zero-order valence-electron chi connectivity index (χ0n) is 22.6. The van der Waals surface area contributed by atoms with Crippen molar-refractivity contribution in [3.05, 3.63) is 35.4 Å². The van der Waals surface area contributed by atoms with Gasteiger partial charge in [-0.1, -0.05) is 50.7 Å². The molecule has 0 saturated heterocycles. The molecular formula is C31H46F3NO2. The van der Waals surface area contributed by atoms with E-state index in [2.05, 4.69) is 4.90 Å². The number of nitrogens with zero attached hydrogens (tertiary/aromatic N) is 1. The molecule has 3 atom stereocenters. The van der Waals surface area contributed by atoms with Crippen LogP contribution in [0.5, 0.6) is 0 Å². The van der Waals surface area contributed by atoms with Gasteiger partial charge in [-0.25, -0.2) is 0 Å². The fourth-order valence-electron chi connectivity index (χ4n) is 7.35. The Labute approximate surface area is 221 Å². The van der Waals surface area contributed by atoms with Crippen molar-refractivity contribution in [3.8, 4) is 0 Å². The monoisotopic (exact) mass is 521 g/mol. The number of rotatable bonds is 9. The van der Waals surface area contributed by atoms with Gasteiger partial charge in [0.05, 0.1) is 12.2 Å². The number of carbonyl (C=O) groups excluding carboxylic acids is 1. The molecule has 3 unspecified atom stereocenters. The number of benzene rings is 1. The highest BCUT2D eigenvalue weighted by Crippen LogP contribution is 2.43. The smallest absolute Gasteiger partial charge is 0.416 e. The van der Waals surface area contributed by atoms with Crippen LogP contribution in [-0.4, -0.2) is 36.6 Å². The molecule has 0 amide bonds. The Morgan fingerprint density at radius 3 is 1.92 bits per heavy atom. The summed E-state index contributed by atoms with van der Waals surface area (Å²) in [5, 5.41) is 0. The number of esters is 1. The first-order valence-electron chi connectivity index (χ1n) is 14.9. The van der Waals surface area contributed by atoms with Gasteiger partial charge in [0.1, 0.15) is 0 Å². The summed E-state index contributed by atoms with van der Waals surface area (Å²) in [6.07, 6.45) is 12.0. The highest BCUT2D eigenvalue weighted by molar-refractivity contribution is 5.69. The molecule has 3 nitrogen and oxygen atoms in total. The van der Waals surface area contributed by atoms with Crippen molar-refractivity contribution in [2.75, 3.05) is 19.7 Å². The average Bonchev–Trinajstić information content (AvgIpc) is 2.89. The van der Waals surface area contributed by atoms with E-state index < -0.39 is 11.7 Å². The predicted octanol–water partition coefficient (Wildman–Crippen LogP) is 8.37. The van der Waals surface area contributed by atoms with Crippen molar-refractivity contribution in [1.29, 1.82) is 0 Å². The summed E-state index contributed by atoms with van der Waals surface area (Å²) >= 11 is 0. The SMILES string of the molecule is CCOC(=O)CC1CCC(N(CC2CCCCC2)CC2CCCCC2)C(c2ccc(C(F)(F)F)cc2)C1. The molecular weight excluding hydrogens is 475 g/mol. The Morgan fingerprint density at radius 2 is 1.41 bits per heavy atom. The van der Waals surface area contributed by atoms with Gasteiger partial charge in [0.25, 0.3) is 0 Å². The summed E-state index contributed by atoms with van der Waals surface area (Å²) in [5.41, 5.74) is 0.400. The van der Waals surface area contributed by atoms with Crippen molar-refractivity contribution < 1.29 is 22.7 Å². The molecule has 3 fully saturated rings. The van der Waals surface area contributed by atoms with E-state index in [-0.39, 0.29) is 17.8 Å². The lowest BCUT2D eigenvalue weighted by Crippen LogP contribution is -2.47. The maximum atomic E-state index is 13.3. The van der Waals surface area contributed by atoms with E-state index in [0.717, 1.165) is 49.8 Å². The maximum absolute atomic E-state index is 13.3. The molecule has 3 saturated carbocycles. The second-order valence-corrected chi connectivity index (χ2v) is 11.9. The van der Waals surface area contributed by atoms with Gasteiger partial charge in [-0.2, -0.15) is 13.2 Å². The number of hydrogen-bond donors (Lipinski definition) is 0. The molecule has 4 rings (SSSR count). The van der Waals surface area contributed by atoms with Crippen LogP contribution < -0.4 is 0 Å². The molecule has 0 radical (unpaired) electrons. The van der Waals surface area contributed by atoms with Crippen molar-refractivity contribution >= 4 is 5.97 Å². The Morgan fingerprint density at radius 1 is 0.838 bits per heavy atom. The van der Waals surface area contributed by atoms with Crippen LogP contribution in [0.1, 0.15) is 114 Å².